The molecule has 1 N–H and O–H groups in total. The fourth-order valence-electron chi connectivity index (χ4n) is 3.01. The van der Waals surface area contributed by atoms with Gasteiger partial charge in [-0.1, -0.05) is 6.07 Å². The lowest BCUT2D eigenvalue weighted by atomic mass is 10.1. The zero-order valence-corrected chi connectivity index (χ0v) is 17.0. The van der Waals surface area contributed by atoms with Crippen LogP contribution in [0.15, 0.2) is 42.6 Å². The molecule has 0 radical (unpaired) electrons. The summed E-state index contributed by atoms with van der Waals surface area (Å²) in [6, 6.07) is 9.24. The molecular weight excluding hydrogens is 406 g/mol. The topological polar surface area (TPSA) is 142 Å². The number of non-ortho nitro benzene ring substituents is 1. The first-order valence-electron chi connectivity index (χ1n) is 9.25. The summed E-state index contributed by atoms with van der Waals surface area (Å²) in [4.78, 5) is 33.8. The highest BCUT2D eigenvalue weighted by Gasteiger charge is 2.26. The molecule has 0 aliphatic carbocycles. The maximum absolute atomic E-state index is 12.6. The van der Waals surface area contributed by atoms with Crippen LogP contribution in [0.4, 0.5) is 17.1 Å². The van der Waals surface area contributed by atoms with Gasteiger partial charge < -0.3 is 10.1 Å². The number of nitro benzene ring substituents is 1. The van der Waals surface area contributed by atoms with E-state index >= 15 is 0 Å². The predicted octanol–water partition coefficient (Wildman–Crippen LogP) is 4.38. The average molecular weight is 425 g/mol. The first-order valence-corrected chi connectivity index (χ1v) is 9.25. The summed E-state index contributed by atoms with van der Waals surface area (Å²) in [5, 5.41) is 28.9. The van der Waals surface area contributed by atoms with Gasteiger partial charge in [0, 0.05) is 18.7 Å². The molecule has 160 valence electrons. The van der Waals surface area contributed by atoms with E-state index in [4.69, 9.17) is 4.74 Å². The fraction of sp³-hybridized carbons (Fsp3) is 0.200. The van der Waals surface area contributed by atoms with Gasteiger partial charge in [0.25, 0.3) is 11.6 Å². The number of rotatable bonds is 7. The molecule has 0 saturated carbocycles. The summed E-state index contributed by atoms with van der Waals surface area (Å²) in [6.07, 6.45) is 1.15. The van der Waals surface area contributed by atoms with Crippen LogP contribution in [0.3, 0.4) is 0 Å². The predicted molar refractivity (Wildman–Crippen MR) is 112 cm³/mol. The normalized spacial score (nSPS) is 10.5. The summed E-state index contributed by atoms with van der Waals surface area (Å²) in [6.45, 7) is 5.83. The molecule has 2 aromatic carbocycles. The highest BCUT2D eigenvalue weighted by Crippen LogP contribution is 2.31. The highest BCUT2D eigenvalue weighted by molar-refractivity contribution is 6.05. The van der Waals surface area contributed by atoms with Crippen molar-refractivity contribution in [2.45, 2.75) is 27.3 Å². The van der Waals surface area contributed by atoms with Crippen LogP contribution in [-0.2, 0) is 6.54 Å². The minimum absolute atomic E-state index is 0.0407. The molecule has 1 amide bonds. The average Bonchev–Trinajstić information content (AvgIpc) is 3.12. The Bertz CT molecular complexity index is 1170. The minimum atomic E-state index is -0.864. The van der Waals surface area contributed by atoms with Crippen molar-refractivity contribution in [2.75, 3.05) is 5.32 Å². The molecule has 3 aromatic rings. The van der Waals surface area contributed by atoms with Crippen molar-refractivity contribution in [2.24, 2.45) is 0 Å². The third-order valence-electron chi connectivity index (χ3n) is 4.27. The summed E-state index contributed by atoms with van der Waals surface area (Å²) in [7, 11) is 0. The zero-order valence-electron chi connectivity index (χ0n) is 17.0. The number of carbonyl (C=O) groups excluding carboxylic acids is 1. The van der Waals surface area contributed by atoms with Crippen molar-refractivity contribution in [1.29, 1.82) is 0 Å². The Labute approximate surface area is 176 Å². The van der Waals surface area contributed by atoms with Crippen molar-refractivity contribution in [3.05, 3.63) is 79.6 Å². The van der Waals surface area contributed by atoms with Gasteiger partial charge in [0.2, 0.25) is 5.69 Å². The van der Waals surface area contributed by atoms with E-state index in [-0.39, 0.29) is 17.1 Å². The van der Waals surface area contributed by atoms with Crippen molar-refractivity contribution < 1.29 is 19.4 Å². The maximum Gasteiger partial charge on any atom is 0.320 e. The highest BCUT2D eigenvalue weighted by atomic mass is 16.6. The number of aryl methyl sites for hydroxylation is 3. The van der Waals surface area contributed by atoms with Crippen molar-refractivity contribution in [3.63, 3.8) is 0 Å². The molecule has 11 nitrogen and oxygen atoms in total. The third-order valence-corrected chi connectivity index (χ3v) is 4.27. The van der Waals surface area contributed by atoms with Gasteiger partial charge in [0.05, 0.1) is 21.6 Å². The number of nitrogens with zero attached hydrogens (tertiary/aromatic N) is 4. The van der Waals surface area contributed by atoms with Gasteiger partial charge in [-0.15, -0.1) is 0 Å². The van der Waals surface area contributed by atoms with Crippen LogP contribution >= 0.6 is 0 Å². The van der Waals surface area contributed by atoms with Crippen LogP contribution in [-0.4, -0.2) is 25.5 Å². The second-order valence-electron chi connectivity index (χ2n) is 6.83. The molecule has 0 fully saturated rings. The van der Waals surface area contributed by atoms with E-state index in [1.165, 1.54) is 16.8 Å². The SMILES string of the molecule is CCn1cc([N+](=O)[O-])c(C(=O)Nc2cc(Oc3cc(C)cc(C)c3)cc([N+](=O)[O-])c2)n1. The number of amides is 1. The second-order valence-corrected chi connectivity index (χ2v) is 6.83. The van der Waals surface area contributed by atoms with Gasteiger partial charge in [0.1, 0.15) is 17.7 Å². The number of hydrogen-bond donors (Lipinski definition) is 1. The standard InChI is InChI=1S/C20H19N5O6/c1-4-23-11-18(25(29)30)19(22-23)20(26)21-14-8-15(24(27)28)10-17(9-14)31-16-6-12(2)5-13(3)7-16/h5-11H,4H2,1-3H3,(H,21,26). The Kier molecular flexibility index (Phi) is 5.95. The van der Waals surface area contributed by atoms with E-state index in [1.54, 1.807) is 19.1 Å². The molecule has 1 heterocycles. The lowest BCUT2D eigenvalue weighted by Crippen LogP contribution is -2.15. The van der Waals surface area contributed by atoms with Crippen molar-refractivity contribution >= 4 is 23.0 Å². The Morgan fingerprint density at radius 1 is 1.03 bits per heavy atom. The largest absolute Gasteiger partial charge is 0.457 e. The molecule has 0 unspecified atom stereocenters. The van der Waals surface area contributed by atoms with Crippen LogP contribution in [0.2, 0.25) is 0 Å². The number of benzene rings is 2. The van der Waals surface area contributed by atoms with Gasteiger partial charge >= 0.3 is 5.69 Å². The second kappa shape index (κ2) is 8.61. The molecular formula is C20H19N5O6. The Morgan fingerprint density at radius 2 is 1.68 bits per heavy atom. The summed E-state index contributed by atoms with van der Waals surface area (Å²) < 4.78 is 7.02. The molecule has 0 bridgehead atoms. The first-order chi connectivity index (χ1) is 14.7. The quantitative estimate of drug-likeness (QED) is 0.437. The molecule has 0 aliphatic rings. The van der Waals surface area contributed by atoms with Gasteiger partial charge in [-0.3, -0.25) is 29.7 Å². The van der Waals surface area contributed by atoms with Gasteiger partial charge in [-0.25, -0.2) is 0 Å². The number of aromatic nitrogens is 2. The smallest absolute Gasteiger partial charge is 0.320 e. The van der Waals surface area contributed by atoms with Crippen LogP contribution in [0.1, 0.15) is 28.5 Å². The lowest BCUT2D eigenvalue weighted by Gasteiger charge is -2.10. The molecule has 0 aliphatic heterocycles. The third kappa shape index (κ3) is 5.01. The lowest BCUT2D eigenvalue weighted by molar-refractivity contribution is -0.385. The number of nitro groups is 2. The number of carbonyl (C=O) groups is 1. The van der Waals surface area contributed by atoms with E-state index in [2.05, 4.69) is 10.4 Å². The fourth-order valence-corrected chi connectivity index (χ4v) is 3.01. The summed E-state index contributed by atoms with van der Waals surface area (Å²) in [5.74, 6) is -0.257. The van der Waals surface area contributed by atoms with Crippen LogP contribution in [0, 0.1) is 34.1 Å². The molecule has 1 aromatic heterocycles. The number of hydrogen-bond acceptors (Lipinski definition) is 7. The van der Waals surface area contributed by atoms with Gasteiger partial charge in [-0.2, -0.15) is 5.10 Å². The summed E-state index contributed by atoms with van der Waals surface area (Å²) in [5.41, 5.74) is 0.775. The van der Waals surface area contributed by atoms with Gasteiger partial charge in [-0.05, 0) is 44.0 Å². The molecule has 0 atom stereocenters. The number of anilines is 1. The molecule has 0 saturated heterocycles. The molecule has 11 heteroatoms. The summed E-state index contributed by atoms with van der Waals surface area (Å²) >= 11 is 0. The first kappa shape index (κ1) is 21.4. The van der Waals surface area contributed by atoms with Crippen molar-refractivity contribution in [1.82, 2.24) is 9.78 Å². The minimum Gasteiger partial charge on any atom is -0.457 e. The van der Waals surface area contributed by atoms with Crippen LogP contribution in [0.25, 0.3) is 0 Å². The Balaban J connectivity index is 1.94. The number of ether oxygens (including phenoxy) is 1. The zero-order chi connectivity index (χ0) is 22.7. The molecule has 3 rings (SSSR count). The van der Waals surface area contributed by atoms with Crippen molar-refractivity contribution in [3.8, 4) is 11.5 Å². The maximum atomic E-state index is 12.6. The van der Waals surface area contributed by atoms with E-state index in [1.807, 2.05) is 19.9 Å². The molecule has 31 heavy (non-hydrogen) atoms. The van der Waals surface area contributed by atoms with E-state index in [9.17, 15) is 25.0 Å². The Hall–Kier alpha value is -4.28. The van der Waals surface area contributed by atoms with Crippen LogP contribution < -0.4 is 10.1 Å². The molecule has 0 spiro atoms. The monoisotopic (exact) mass is 425 g/mol. The van der Waals surface area contributed by atoms with E-state index in [0.717, 1.165) is 23.4 Å². The van der Waals surface area contributed by atoms with Gasteiger partial charge in [0.15, 0.2) is 0 Å². The van der Waals surface area contributed by atoms with Crippen LogP contribution in [0.5, 0.6) is 11.5 Å². The van der Waals surface area contributed by atoms with E-state index in [0.29, 0.717) is 12.3 Å². The number of nitrogens with one attached hydrogen (secondary N) is 1. The van der Waals surface area contributed by atoms with E-state index < -0.39 is 27.1 Å². The Morgan fingerprint density at radius 3 is 2.26 bits per heavy atom.